The Labute approximate surface area is 118 Å². The van der Waals surface area contributed by atoms with Crippen molar-refractivity contribution in [1.29, 1.82) is 0 Å². The first-order chi connectivity index (χ1) is 8.72. The summed E-state index contributed by atoms with van der Waals surface area (Å²) in [4.78, 5) is 16.4. The van der Waals surface area contributed by atoms with E-state index in [4.69, 9.17) is 16.3 Å². The van der Waals surface area contributed by atoms with Crippen LogP contribution >= 0.6 is 27.5 Å². The van der Waals surface area contributed by atoms with Crippen LogP contribution in [0.15, 0.2) is 29.3 Å². The van der Waals surface area contributed by atoms with Crippen LogP contribution in [0.3, 0.4) is 0 Å². The fraction of sp³-hybridized carbons (Fsp3) is 0.333. The van der Waals surface area contributed by atoms with Crippen molar-refractivity contribution in [2.45, 2.75) is 6.54 Å². The molecule has 0 atom stereocenters. The van der Waals surface area contributed by atoms with Gasteiger partial charge in [-0.25, -0.2) is 4.98 Å². The van der Waals surface area contributed by atoms with E-state index in [1.165, 1.54) is 10.9 Å². The van der Waals surface area contributed by atoms with Gasteiger partial charge in [0.05, 0.1) is 37.0 Å². The van der Waals surface area contributed by atoms with E-state index in [-0.39, 0.29) is 5.56 Å². The van der Waals surface area contributed by atoms with Crippen molar-refractivity contribution >= 4 is 38.4 Å². The summed E-state index contributed by atoms with van der Waals surface area (Å²) in [5.74, 6) is 0. The van der Waals surface area contributed by atoms with Crippen LogP contribution in [0, 0.1) is 0 Å². The van der Waals surface area contributed by atoms with Gasteiger partial charge in [-0.15, -0.1) is 0 Å². The summed E-state index contributed by atoms with van der Waals surface area (Å²) in [6.45, 7) is 1.60. The van der Waals surface area contributed by atoms with Crippen LogP contribution in [0.4, 0.5) is 0 Å². The van der Waals surface area contributed by atoms with Gasteiger partial charge in [0, 0.05) is 10.4 Å². The van der Waals surface area contributed by atoms with Gasteiger partial charge in [-0.2, -0.15) is 0 Å². The molecule has 1 heterocycles. The molecule has 1 aromatic heterocycles. The first-order valence-corrected chi connectivity index (χ1v) is 7.01. The van der Waals surface area contributed by atoms with Crippen LogP contribution in [-0.2, 0) is 11.3 Å². The maximum atomic E-state index is 12.1. The lowest BCUT2D eigenvalue weighted by Gasteiger charge is -2.07. The number of benzene rings is 1. The summed E-state index contributed by atoms with van der Waals surface area (Å²) in [6, 6.07) is 5.10. The average Bonchev–Trinajstić information content (AvgIpc) is 2.38. The van der Waals surface area contributed by atoms with Crippen LogP contribution in [-0.4, -0.2) is 28.1 Å². The quantitative estimate of drug-likeness (QED) is 0.624. The minimum absolute atomic E-state index is 0.0926. The molecule has 0 fully saturated rings. The normalized spacial score (nSPS) is 11.0. The third-order valence-electron chi connectivity index (χ3n) is 2.48. The fourth-order valence-corrected chi connectivity index (χ4v) is 2.01. The number of aromatic nitrogens is 2. The van der Waals surface area contributed by atoms with Gasteiger partial charge in [0.2, 0.25) is 0 Å². The van der Waals surface area contributed by atoms with Crippen LogP contribution in [0.5, 0.6) is 0 Å². The zero-order valence-electron chi connectivity index (χ0n) is 9.60. The number of fused-ring (bicyclic) bond motifs is 1. The smallest absolute Gasteiger partial charge is 0.261 e. The number of alkyl halides is 1. The summed E-state index contributed by atoms with van der Waals surface area (Å²) in [7, 11) is 0. The lowest BCUT2D eigenvalue weighted by Crippen LogP contribution is -2.23. The van der Waals surface area contributed by atoms with E-state index >= 15 is 0 Å². The average molecular weight is 332 g/mol. The van der Waals surface area contributed by atoms with E-state index in [1.54, 1.807) is 18.2 Å². The Morgan fingerprint density at radius 1 is 1.39 bits per heavy atom. The lowest BCUT2D eigenvalue weighted by molar-refractivity contribution is 0.141. The number of rotatable bonds is 5. The predicted octanol–water partition coefficient (Wildman–Crippen LogP) is 2.46. The lowest BCUT2D eigenvalue weighted by atomic mass is 10.2. The van der Waals surface area contributed by atoms with E-state index in [0.29, 0.717) is 35.7 Å². The van der Waals surface area contributed by atoms with E-state index in [1.807, 2.05) is 0 Å². The summed E-state index contributed by atoms with van der Waals surface area (Å²) in [5.41, 5.74) is 0.562. The molecule has 0 radical (unpaired) electrons. The first kappa shape index (κ1) is 13.5. The minimum atomic E-state index is -0.0926. The van der Waals surface area contributed by atoms with E-state index < -0.39 is 0 Å². The minimum Gasteiger partial charge on any atom is -0.379 e. The Morgan fingerprint density at radius 3 is 3.00 bits per heavy atom. The van der Waals surface area contributed by atoms with E-state index in [0.717, 1.165) is 5.33 Å². The van der Waals surface area contributed by atoms with Crippen LogP contribution in [0.25, 0.3) is 10.9 Å². The second-order valence-electron chi connectivity index (χ2n) is 3.71. The number of ether oxygens (including phenoxy) is 1. The molecule has 0 amide bonds. The van der Waals surface area contributed by atoms with Gasteiger partial charge in [-0.3, -0.25) is 9.36 Å². The predicted molar refractivity (Wildman–Crippen MR) is 75.6 cm³/mol. The van der Waals surface area contributed by atoms with Gasteiger partial charge in [0.25, 0.3) is 5.56 Å². The Bertz CT molecular complexity index is 600. The highest BCUT2D eigenvalue weighted by Gasteiger charge is 2.04. The highest BCUT2D eigenvalue weighted by Crippen LogP contribution is 2.13. The number of nitrogens with zero attached hydrogens (tertiary/aromatic N) is 2. The molecule has 96 valence electrons. The summed E-state index contributed by atoms with van der Waals surface area (Å²) >= 11 is 9.15. The second-order valence-corrected chi connectivity index (χ2v) is 4.94. The molecule has 0 saturated heterocycles. The van der Waals surface area contributed by atoms with Crippen molar-refractivity contribution in [2.24, 2.45) is 0 Å². The highest BCUT2D eigenvalue weighted by atomic mass is 79.9. The molecule has 0 unspecified atom stereocenters. The van der Waals surface area contributed by atoms with Gasteiger partial charge >= 0.3 is 0 Å². The first-order valence-electron chi connectivity index (χ1n) is 5.51. The van der Waals surface area contributed by atoms with E-state index in [9.17, 15) is 4.79 Å². The Kier molecular flexibility index (Phi) is 4.74. The third-order valence-corrected chi connectivity index (χ3v) is 3.04. The molecule has 6 heteroatoms. The van der Waals surface area contributed by atoms with Crippen LogP contribution < -0.4 is 5.56 Å². The van der Waals surface area contributed by atoms with Crippen molar-refractivity contribution in [2.75, 3.05) is 18.5 Å². The molecule has 2 aromatic rings. The highest BCUT2D eigenvalue weighted by molar-refractivity contribution is 9.09. The van der Waals surface area contributed by atoms with Crippen molar-refractivity contribution in [1.82, 2.24) is 9.55 Å². The molecule has 0 N–H and O–H groups in total. The van der Waals surface area contributed by atoms with Gasteiger partial charge < -0.3 is 4.74 Å². The van der Waals surface area contributed by atoms with E-state index in [2.05, 4.69) is 20.9 Å². The molecule has 0 saturated carbocycles. The topological polar surface area (TPSA) is 44.1 Å². The summed E-state index contributed by atoms with van der Waals surface area (Å²) in [5, 5.41) is 1.85. The number of halogens is 2. The van der Waals surface area contributed by atoms with Gasteiger partial charge in [0.15, 0.2) is 0 Å². The standard InChI is InChI=1S/C12H12BrClN2O2/c13-3-5-18-6-4-16-8-15-11-2-1-9(14)7-10(11)12(16)17/h1-2,7-8H,3-6H2. The Balaban J connectivity index is 2.24. The van der Waals surface area contributed by atoms with Crippen molar-refractivity contribution in [3.63, 3.8) is 0 Å². The molecule has 0 aliphatic heterocycles. The third kappa shape index (κ3) is 3.10. The summed E-state index contributed by atoms with van der Waals surface area (Å²) in [6.07, 6.45) is 1.54. The number of hydrogen-bond donors (Lipinski definition) is 0. The van der Waals surface area contributed by atoms with Gasteiger partial charge in [-0.05, 0) is 18.2 Å². The molecule has 2 rings (SSSR count). The molecule has 0 aliphatic rings. The zero-order valence-corrected chi connectivity index (χ0v) is 11.9. The van der Waals surface area contributed by atoms with Crippen molar-refractivity contribution < 1.29 is 4.74 Å². The summed E-state index contributed by atoms with van der Waals surface area (Å²) < 4.78 is 6.85. The van der Waals surface area contributed by atoms with Crippen molar-refractivity contribution in [3.8, 4) is 0 Å². The SMILES string of the molecule is O=c1c2cc(Cl)ccc2ncn1CCOCCBr. The Morgan fingerprint density at radius 2 is 2.22 bits per heavy atom. The van der Waals surface area contributed by atoms with Crippen molar-refractivity contribution in [3.05, 3.63) is 39.9 Å². The molecule has 1 aromatic carbocycles. The monoisotopic (exact) mass is 330 g/mol. The second kappa shape index (κ2) is 6.31. The molecule has 0 aliphatic carbocycles. The molecule has 0 spiro atoms. The molecule has 0 bridgehead atoms. The van der Waals surface area contributed by atoms with Gasteiger partial charge in [-0.1, -0.05) is 27.5 Å². The maximum Gasteiger partial charge on any atom is 0.261 e. The molecule has 18 heavy (non-hydrogen) atoms. The molecular formula is C12H12BrClN2O2. The molecular weight excluding hydrogens is 320 g/mol. The van der Waals surface area contributed by atoms with Gasteiger partial charge in [0.1, 0.15) is 0 Å². The number of hydrogen-bond acceptors (Lipinski definition) is 3. The fourth-order valence-electron chi connectivity index (χ4n) is 1.61. The van der Waals surface area contributed by atoms with Crippen LogP contribution in [0.1, 0.15) is 0 Å². The largest absolute Gasteiger partial charge is 0.379 e. The maximum absolute atomic E-state index is 12.1. The molecule has 4 nitrogen and oxygen atoms in total. The van der Waals surface area contributed by atoms with Crippen LogP contribution in [0.2, 0.25) is 5.02 Å². The Hall–Kier alpha value is -0.910. The zero-order chi connectivity index (χ0) is 13.0.